The highest BCUT2D eigenvalue weighted by Gasteiger charge is 2.34. The Morgan fingerprint density at radius 2 is 1.91 bits per heavy atom. The van der Waals surface area contributed by atoms with Crippen molar-refractivity contribution in [2.45, 2.75) is 97.5 Å². The monoisotopic (exact) mass is 634 g/mol. The number of aromatic nitrogens is 2. The molecule has 47 heavy (non-hydrogen) atoms. The number of aryl methyl sites for hydroxylation is 2. The fourth-order valence-electron chi connectivity index (χ4n) is 8.31. The third-order valence-corrected chi connectivity index (χ3v) is 11.4. The van der Waals surface area contributed by atoms with Gasteiger partial charge in [0.15, 0.2) is 5.78 Å². The molecule has 2 fully saturated rings. The lowest BCUT2D eigenvalue weighted by Crippen LogP contribution is -2.46. The highest BCUT2D eigenvalue weighted by atomic mass is 16.5. The van der Waals surface area contributed by atoms with Crippen molar-refractivity contribution in [1.29, 1.82) is 0 Å². The maximum atomic E-state index is 14.0. The number of ether oxygens (including phenoxy) is 1. The third kappa shape index (κ3) is 7.07. The third-order valence-electron chi connectivity index (χ3n) is 11.4. The molecule has 0 bridgehead atoms. The molecule has 7 nitrogen and oxygen atoms in total. The predicted octanol–water partition coefficient (Wildman–Crippen LogP) is 7.16. The van der Waals surface area contributed by atoms with Crippen molar-refractivity contribution < 1.29 is 9.53 Å². The van der Waals surface area contributed by atoms with Crippen LogP contribution in [0.15, 0.2) is 52.4 Å². The van der Waals surface area contributed by atoms with Crippen LogP contribution in [-0.2, 0) is 28.8 Å². The molecule has 0 amide bonds. The maximum Gasteiger partial charge on any atom is 0.250 e. The minimum Gasteiger partial charge on any atom is -0.378 e. The molecule has 0 spiro atoms. The molecule has 4 aliphatic rings. The first-order valence-corrected chi connectivity index (χ1v) is 17.9. The van der Waals surface area contributed by atoms with Gasteiger partial charge in [-0.1, -0.05) is 45.0 Å². The Labute approximate surface area is 279 Å². The number of ketones is 1. The van der Waals surface area contributed by atoms with E-state index in [1.807, 2.05) is 13.0 Å². The van der Waals surface area contributed by atoms with Crippen molar-refractivity contribution in [2.24, 2.45) is 22.2 Å². The van der Waals surface area contributed by atoms with E-state index < -0.39 is 0 Å². The Morgan fingerprint density at radius 3 is 2.70 bits per heavy atom. The Kier molecular flexibility index (Phi) is 9.05. The summed E-state index contributed by atoms with van der Waals surface area (Å²) in [4.78, 5) is 41.3. The van der Waals surface area contributed by atoms with Gasteiger partial charge in [-0.2, -0.15) is 0 Å². The summed E-state index contributed by atoms with van der Waals surface area (Å²) in [6, 6.07) is 12.7. The second-order valence-corrected chi connectivity index (χ2v) is 15.6. The van der Waals surface area contributed by atoms with Crippen LogP contribution < -0.4 is 5.56 Å². The van der Waals surface area contributed by atoms with Crippen molar-refractivity contribution in [1.82, 2.24) is 14.9 Å². The first-order valence-electron chi connectivity index (χ1n) is 17.9. The van der Waals surface area contributed by atoms with E-state index in [0.29, 0.717) is 42.1 Å². The lowest BCUT2D eigenvalue weighted by atomic mass is 9.71. The normalized spacial score (nSPS) is 23.4. The van der Waals surface area contributed by atoms with Crippen LogP contribution in [0.5, 0.6) is 0 Å². The zero-order chi connectivity index (χ0) is 32.7. The van der Waals surface area contributed by atoms with Gasteiger partial charge < -0.3 is 14.6 Å². The van der Waals surface area contributed by atoms with Crippen molar-refractivity contribution in [2.75, 3.05) is 26.2 Å². The number of likely N-dealkylation sites (tertiary alicyclic amines) is 1. The Balaban J connectivity index is 1.08. The van der Waals surface area contributed by atoms with E-state index in [4.69, 9.17) is 14.7 Å². The number of pyridine rings is 2. The van der Waals surface area contributed by atoms with E-state index in [1.165, 1.54) is 29.7 Å². The number of hydrogen-bond acceptors (Lipinski definition) is 6. The molecule has 2 saturated heterocycles. The second-order valence-electron chi connectivity index (χ2n) is 15.6. The predicted molar refractivity (Wildman–Crippen MR) is 188 cm³/mol. The lowest BCUT2D eigenvalue weighted by molar-refractivity contribution is -0.113. The zero-order valence-electron chi connectivity index (χ0n) is 28.6. The van der Waals surface area contributed by atoms with Crippen LogP contribution in [0.4, 0.5) is 5.69 Å². The number of H-pyrrole nitrogens is 1. The number of nitrogens with one attached hydrogen (secondary N) is 1. The van der Waals surface area contributed by atoms with Gasteiger partial charge in [0.2, 0.25) is 0 Å². The Bertz CT molecular complexity index is 1720. The van der Waals surface area contributed by atoms with Gasteiger partial charge in [0, 0.05) is 50.0 Å². The van der Waals surface area contributed by atoms with E-state index in [-0.39, 0.29) is 22.7 Å². The van der Waals surface area contributed by atoms with Crippen molar-refractivity contribution >= 4 is 17.2 Å². The van der Waals surface area contributed by atoms with Gasteiger partial charge in [0.05, 0.1) is 23.2 Å². The molecule has 1 aromatic carbocycles. The molecule has 248 valence electrons. The molecule has 1 aliphatic carbocycles. The van der Waals surface area contributed by atoms with Crippen LogP contribution >= 0.6 is 0 Å². The number of carbonyl (C=O) groups excluding carboxylic acids is 1. The Hall–Kier alpha value is -3.42. The molecule has 0 radical (unpaired) electrons. The van der Waals surface area contributed by atoms with E-state index in [9.17, 15) is 9.59 Å². The number of fused-ring (bicyclic) bond motifs is 3. The molecule has 3 aromatic rings. The number of carbonyl (C=O) groups is 1. The molecule has 1 N–H and O–H groups in total. The summed E-state index contributed by atoms with van der Waals surface area (Å²) >= 11 is 0. The standard InChI is InChI=1S/C40H50N4O3/c1-25-18-31(23-41-39(25)46)27-9-7-26(8-10-27)28(13-15-44-16-14-38-29(24-44)6-5-17-47-38)21-37(45)36-22-35-34(43-36)20-30-19-32(40(2,3)4)11-12-33(30)42-35/h7-10,18,20,23,28-29,32,38H,5-6,11-17,19,21-22,24H2,1-4H3,(H,41,46)/t28-,29?,32-,38?/m0/s1. The van der Waals surface area contributed by atoms with E-state index in [0.717, 1.165) is 80.9 Å². The van der Waals surface area contributed by atoms with Gasteiger partial charge in [-0.05, 0) is 116 Å². The Morgan fingerprint density at radius 1 is 1.09 bits per heavy atom. The van der Waals surface area contributed by atoms with Crippen LogP contribution in [0.25, 0.3) is 11.1 Å². The molecule has 5 heterocycles. The summed E-state index contributed by atoms with van der Waals surface area (Å²) in [6.45, 7) is 12.8. The SMILES string of the molecule is Cc1cc(-c2ccc([C@@H](CCN3CCC4OCCCC4C3)CC(=O)C3=Nc4cc5c(nc4C3)CC[C@H](C(C)(C)C)C5)cc2)c[nH]c1=O. The van der Waals surface area contributed by atoms with Gasteiger partial charge >= 0.3 is 0 Å². The van der Waals surface area contributed by atoms with Gasteiger partial charge in [-0.25, -0.2) is 4.99 Å². The molecular formula is C40H50N4O3. The topological polar surface area (TPSA) is 87.7 Å². The quantitative estimate of drug-likeness (QED) is 0.284. The maximum absolute atomic E-state index is 14.0. The number of piperidine rings is 1. The number of aromatic amines is 1. The van der Waals surface area contributed by atoms with Crippen LogP contribution in [0.1, 0.15) is 93.3 Å². The average Bonchev–Trinajstić information content (AvgIpc) is 3.49. The smallest absolute Gasteiger partial charge is 0.250 e. The zero-order valence-corrected chi connectivity index (χ0v) is 28.6. The highest BCUT2D eigenvalue weighted by Crippen LogP contribution is 2.40. The fourth-order valence-corrected chi connectivity index (χ4v) is 8.31. The molecule has 2 aromatic heterocycles. The fraction of sp³-hybridized carbons (Fsp3) is 0.550. The lowest BCUT2D eigenvalue weighted by Gasteiger charge is -2.41. The van der Waals surface area contributed by atoms with Crippen LogP contribution in [0.2, 0.25) is 0 Å². The number of nitrogens with zero attached hydrogens (tertiary/aromatic N) is 3. The van der Waals surface area contributed by atoms with Crippen LogP contribution in [-0.4, -0.2) is 58.7 Å². The molecular weight excluding hydrogens is 584 g/mol. The number of benzene rings is 1. The van der Waals surface area contributed by atoms with Crippen molar-refractivity contribution in [3.63, 3.8) is 0 Å². The minimum atomic E-state index is -0.0609. The molecule has 7 heteroatoms. The summed E-state index contributed by atoms with van der Waals surface area (Å²) < 4.78 is 6.07. The summed E-state index contributed by atoms with van der Waals surface area (Å²) in [6.07, 6.45) is 10.8. The molecule has 3 aliphatic heterocycles. The highest BCUT2D eigenvalue weighted by molar-refractivity contribution is 6.41. The molecule has 7 rings (SSSR count). The number of Topliss-reactive ketones (excluding diaryl/α,β-unsaturated/α-hetero) is 1. The van der Waals surface area contributed by atoms with Gasteiger partial charge in [0.1, 0.15) is 0 Å². The van der Waals surface area contributed by atoms with Crippen molar-refractivity contribution in [3.8, 4) is 11.1 Å². The largest absolute Gasteiger partial charge is 0.378 e. The molecule has 2 unspecified atom stereocenters. The van der Waals surface area contributed by atoms with Crippen LogP contribution in [0.3, 0.4) is 0 Å². The van der Waals surface area contributed by atoms with Gasteiger partial charge in [0.25, 0.3) is 5.56 Å². The first-order chi connectivity index (χ1) is 22.6. The number of hydrogen-bond donors (Lipinski definition) is 1. The van der Waals surface area contributed by atoms with Gasteiger partial charge in [-0.15, -0.1) is 0 Å². The summed E-state index contributed by atoms with van der Waals surface area (Å²) in [5.41, 5.74) is 9.17. The van der Waals surface area contributed by atoms with E-state index in [1.54, 1.807) is 6.20 Å². The van der Waals surface area contributed by atoms with E-state index in [2.05, 4.69) is 61.0 Å². The average molecular weight is 635 g/mol. The van der Waals surface area contributed by atoms with Crippen molar-refractivity contribution in [3.05, 3.63) is 81.0 Å². The molecule has 0 saturated carbocycles. The number of aliphatic imine (C=N–C) groups is 1. The van der Waals surface area contributed by atoms with E-state index >= 15 is 0 Å². The summed E-state index contributed by atoms with van der Waals surface area (Å²) in [5, 5.41) is 0. The van der Waals surface area contributed by atoms with Gasteiger partial charge in [-0.3, -0.25) is 14.6 Å². The van der Waals surface area contributed by atoms with Crippen LogP contribution in [0, 0.1) is 24.2 Å². The summed E-state index contributed by atoms with van der Waals surface area (Å²) in [5.74, 6) is 1.49. The first kappa shape index (κ1) is 32.1. The minimum absolute atomic E-state index is 0.0609. The second kappa shape index (κ2) is 13.2. The summed E-state index contributed by atoms with van der Waals surface area (Å²) in [7, 11) is 0. The molecule has 4 atom stereocenters. The number of rotatable bonds is 8.